The molecule has 0 aromatic heterocycles. The monoisotopic (exact) mass is 260 g/mol. The predicted octanol–water partition coefficient (Wildman–Crippen LogP) is 1.98. The van der Waals surface area contributed by atoms with Gasteiger partial charge in [-0.3, -0.25) is 4.90 Å². The number of hydrogen-bond donors (Lipinski definition) is 1. The van der Waals surface area contributed by atoms with E-state index >= 15 is 0 Å². The van der Waals surface area contributed by atoms with E-state index in [1.807, 2.05) is 0 Å². The van der Waals surface area contributed by atoms with E-state index in [0.717, 1.165) is 31.8 Å². The Hall–Kier alpha value is -1.06. The molecule has 1 saturated heterocycles. The molecule has 2 heterocycles. The van der Waals surface area contributed by atoms with E-state index in [2.05, 4.69) is 49.2 Å². The summed E-state index contributed by atoms with van der Waals surface area (Å²) in [4.78, 5) is 2.54. The molecule has 3 unspecified atom stereocenters. The number of nitrogens with one attached hydrogen (secondary N) is 1. The number of benzene rings is 1. The predicted molar refractivity (Wildman–Crippen MR) is 77.8 cm³/mol. The van der Waals surface area contributed by atoms with Gasteiger partial charge in [0.05, 0.1) is 0 Å². The summed E-state index contributed by atoms with van der Waals surface area (Å²) in [6.07, 6.45) is 1.39. The van der Waals surface area contributed by atoms with Gasteiger partial charge < -0.3 is 10.1 Å². The van der Waals surface area contributed by atoms with Gasteiger partial charge in [-0.15, -0.1) is 0 Å². The highest BCUT2D eigenvalue weighted by Gasteiger charge is 2.28. The summed E-state index contributed by atoms with van der Waals surface area (Å²) in [5, 5.41) is 3.58. The van der Waals surface area contributed by atoms with Crippen molar-refractivity contribution >= 4 is 0 Å². The number of piperazine rings is 1. The van der Waals surface area contributed by atoms with E-state index in [1.165, 1.54) is 11.1 Å². The third-order valence-corrected chi connectivity index (χ3v) is 4.05. The van der Waals surface area contributed by atoms with Gasteiger partial charge in [0.1, 0.15) is 11.9 Å². The third-order valence-electron chi connectivity index (χ3n) is 4.05. The van der Waals surface area contributed by atoms with Crippen LogP contribution in [0.3, 0.4) is 0 Å². The van der Waals surface area contributed by atoms with E-state index in [0.29, 0.717) is 18.2 Å². The van der Waals surface area contributed by atoms with E-state index in [-0.39, 0.29) is 0 Å². The summed E-state index contributed by atoms with van der Waals surface area (Å²) >= 11 is 0. The van der Waals surface area contributed by atoms with Crippen LogP contribution in [-0.2, 0) is 6.42 Å². The maximum absolute atomic E-state index is 6.07. The first-order valence-electron chi connectivity index (χ1n) is 7.35. The summed E-state index contributed by atoms with van der Waals surface area (Å²) in [5.41, 5.74) is 2.70. The van der Waals surface area contributed by atoms with Crippen LogP contribution in [0.4, 0.5) is 0 Å². The maximum Gasteiger partial charge on any atom is 0.123 e. The molecule has 0 amide bonds. The van der Waals surface area contributed by atoms with E-state index in [9.17, 15) is 0 Å². The SMILES string of the molecule is Cc1ccc2c(c1)CC(CN1CC(C)NC(C)C1)O2. The zero-order valence-electron chi connectivity index (χ0n) is 12.1. The fourth-order valence-corrected chi connectivity index (χ4v) is 3.43. The molecule has 0 bridgehead atoms. The molecule has 3 heteroatoms. The normalized spacial score (nSPS) is 31.0. The highest BCUT2D eigenvalue weighted by Crippen LogP contribution is 2.29. The lowest BCUT2D eigenvalue weighted by molar-refractivity contribution is 0.111. The smallest absolute Gasteiger partial charge is 0.123 e. The third kappa shape index (κ3) is 2.93. The molecule has 3 rings (SSSR count). The molecule has 0 saturated carbocycles. The second-order valence-corrected chi connectivity index (χ2v) is 6.24. The molecule has 19 heavy (non-hydrogen) atoms. The van der Waals surface area contributed by atoms with Crippen LogP contribution in [0.25, 0.3) is 0 Å². The van der Waals surface area contributed by atoms with Crippen LogP contribution in [0.15, 0.2) is 18.2 Å². The Morgan fingerprint density at radius 1 is 1.26 bits per heavy atom. The van der Waals surface area contributed by atoms with Gasteiger partial charge in [-0.25, -0.2) is 0 Å². The van der Waals surface area contributed by atoms with Gasteiger partial charge in [0.15, 0.2) is 0 Å². The van der Waals surface area contributed by atoms with Gasteiger partial charge >= 0.3 is 0 Å². The Morgan fingerprint density at radius 3 is 2.74 bits per heavy atom. The Morgan fingerprint density at radius 2 is 2.00 bits per heavy atom. The van der Waals surface area contributed by atoms with Crippen LogP contribution in [0.5, 0.6) is 5.75 Å². The number of rotatable bonds is 2. The number of fused-ring (bicyclic) bond motifs is 1. The van der Waals surface area contributed by atoms with Crippen molar-refractivity contribution in [2.75, 3.05) is 19.6 Å². The van der Waals surface area contributed by atoms with Crippen LogP contribution >= 0.6 is 0 Å². The number of nitrogens with zero attached hydrogens (tertiary/aromatic N) is 1. The summed E-state index contributed by atoms with van der Waals surface area (Å²) in [7, 11) is 0. The van der Waals surface area contributed by atoms with Crippen LogP contribution in [0, 0.1) is 6.92 Å². The van der Waals surface area contributed by atoms with Gasteiger partial charge in [0, 0.05) is 38.1 Å². The molecule has 1 aromatic carbocycles. The van der Waals surface area contributed by atoms with Crippen LogP contribution in [0.1, 0.15) is 25.0 Å². The second-order valence-electron chi connectivity index (χ2n) is 6.24. The Bertz CT molecular complexity index is 450. The minimum atomic E-state index is 0.328. The van der Waals surface area contributed by atoms with Crippen molar-refractivity contribution in [1.29, 1.82) is 0 Å². The molecule has 0 radical (unpaired) electrons. The molecule has 1 aromatic rings. The molecule has 3 nitrogen and oxygen atoms in total. The van der Waals surface area contributed by atoms with E-state index < -0.39 is 0 Å². The van der Waals surface area contributed by atoms with Gasteiger partial charge in [-0.05, 0) is 32.4 Å². The van der Waals surface area contributed by atoms with E-state index in [1.54, 1.807) is 0 Å². The molecular formula is C16H24N2O. The van der Waals surface area contributed by atoms with Crippen molar-refractivity contribution in [1.82, 2.24) is 10.2 Å². The average Bonchev–Trinajstić information content (AvgIpc) is 2.68. The summed E-state index contributed by atoms with van der Waals surface area (Å²) in [5.74, 6) is 1.09. The Balaban J connectivity index is 1.61. The Labute approximate surface area is 115 Å². The molecule has 2 aliphatic rings. The van der Waals surface area contributed by atoms with Gasteiger partial charge in [-0.2, -0.15) is 0 Å². The van der Waals surface area contributed by atoms with Crippen molar-refractivity contribution in [3.63, 3.8) is 0 Å². The van der Waals surface area contributed by atoms with Crippen molar-refractivity contribution in [3.05, 3.63) is 29.3 Å². The standard InChI is InChI=1S/C16H24N2O/c1-11-4-5-16-14(6-11)7-15(19-16)10-18-8-12(2)17-13(3)9-18/h4-6,12-13,15,17H,7-10H2,1-3H3. The topological polar surface area (TPSA) is 24.5 Å². The quantitative estimate of drug-likeness (QED) is 0.880. The minimum absolute atomic E-state index is 0.328. The Kier molecular flexibility index (Phi) is 3.50. The van der Waals surface area contributed by atoms with Crippen molar-refractivity contribution in [2.45, 2.75) is 45.4 Å². The largest absolute Gasteiger partial charge is 0.488 e. The fraction of sp³-hybridized carbons (Fsp3) is 0.625. The molecule has 104 valence electrons. The van der Waals surface area contributed by atoms with Gasteiger partial charge in [-0.1, -0.05) is 17.7 Å². The maximum atomic E-state index is 6.07. The van der Waals surface area contributed by atoms with Gasteiger partial charge in [0.25, 0.3) is 0 Å². The van der Waals surface area contributed by atoms with Crippen LogP contribution < -0.4 is 10.1 Å². The van der Waals surface area contributed by atoms with E-state index in [4.69, 9.17) is 4.74 Å². The zero-order chi connectivity index (χ0) is 13.4. The highest BCUT2D eigenvalue weighted by atomic mass is 16.5. The fourth-order valence-electron chi connectivity index (χ4n) is 3.43. The second kappa shape index (κ2) is 5.14. The average molecular weight is 260 g/mol. The molecule has 1 fully saturated rings. The first-order valence-corrected chi connectivity index (χ1v) is 7.35. The minimum Gasteiger partial charge on any atom is -0.488 e. The highest BCUT2D eigenvalue weighted by molar-refractivity contribution is 5.40. The summed E-state index contributed by atoms with van der Waals surface area (Å²) in [6.45, 7) is 9.96. The summed E-state index contributed by atoms with van der Waals surface area (Å²) in [6, 6.07) is 7.67. The van der Waals surface area contributed by atoms with Crippen molar-refractivity contribution in [3.8, 4) is 5.75 Å². The zero-order valence-corrected chi connectivity index (χ0v) is 12.1. The number of ether oxygens (including phenoxy) is 1. The molecule has 3 atom stereocenters. The molecule has 0 aliphatic carbocycles. The van der Waals surface area contributed by atoms with Crippen molar-refractivity contribution in [2.24, 2.45) is 0 Å². The lowest BCUT2D eigenvalue weighted by atomic mass is 10.1. The first-order chi connectivity index (χ1) is 9.10. The van der Waals surface area contributed by atoms with Crippen LogP contribution in [-0.4, -0.2) is 42.7 Å². The molecule has 1 N–H and O–H groups in total. The van der Waals surface area contributed by atoms with Crippen LogP contribution in [0.2, 0.25) is 0 Å². The summed E-state index contributed by atoms with van der Waals surface area (Å²) < 4.78 is 6.07. The molecule has 0 spiro atoms. The lowest BCUT2D eigenvalue weighted by Gasteiger charge is -2.37. The first kappa shape index (κ1) is 12.9. The number of aryl methyl sites for hydroxylation is 1. The molecular weight excluding hydrogens is 236 g/mol. The molecule has 2 aliphatic heterocycles. The lowest BCUT2D eigenvalue weighted by Crippen LogP contribution is -2.55. The van der Waals surface area contributed by atoms with Gasteiger partial charge in [0.2, 0.25) is 0 Å². The van der Waals surface area contributed by atoms with Crippen molar-refractivity contribution < 1.29 is 4.74 Å². The number of hydrogen-bond acceptors (Lipinski definition) is 3.